The van der Waals surface area contributed by atoms with Crippen LogP contribution < -0.4 is 4.74 Å². The van der Waals surface area contributed by atoms with Crippen LogP contribution in [-0.2, 0) is 12.8 Å². The number of aliphatic hydroxyl groups excluding tert-OH is 1. The third kappa shape index (κ3) is 4.73. The first-order chi connectivity index (χ1) is 8.94. The zero-order chi connectivity index (χ0) is 13.9. The van der Waals surface area contributed by atoms with Gasteiger partial charge < -0.3 is 9.84 Å². The van der Waals surface area contributed by atoms with E-state index in [1.54, 1.807) is 0 Å². The molecule has 1 atom stereocenters. The lowest BCUT2D eigenvalue weighted by Crippen LogP contribution is -2.17. The van der Waals surface area contributed by atoms with Gasteiger partial charge in [0.1, 0.15) is 5.75 Å². The number of thioether (sulfide) groups is 1. The van der Waals surface area contributed by atoms with E-state index in [1.807, 2.05) is 11.8 Å². The van der Waals surface area contributed by atoms with Crippen LogP contribution in [0.3, 0.4) is 0 Å². The molecule has 0 bridgehead atoms. The topological polar surface area (TPSA) is 29.5 Å². The van der Waals surface area contributed by atoms with Crippen LogP contribution in [0.4, 0.5) is 0 Å². The van der Waals surface area contributed by atoms with Crippen molar-refractivity contribution >= 4 is 11.8 Å². The smallest absolute Gasteiger partial charge is 0.122 e. The number of benzene rings is 1. The van der Waals surface area contributed by atoms with Crippen LogP contribution in [0, 0.1) is 0 Å². The Balaban J connectivity index is 1.79. The second-order valence-electron chi connectivity index (χ2n) is 6.16. The lowest BCUT2D eigenvalue weighted by molar-refractivity contribution is 0.189. The number of aryl methyl sites for hydroxylation is 1. The SMILES string of the molecule is CC(C)(C)SCC(O)CCc1ccc2c(c1)CCO2. The van der Waals surface area contributed by atoms with Crippen molar-refractivity contribution < 1.29 is 9.84 Å². The van der Waals surface area contributed by atoms with Crippen molar-refractivity contribution in [1.29, 1.82) is 0 Å². The highest BCUT2D eigenvalue weighted by Gasteiger charge is 2.15. The van der Waals surface area contributed by atoms with Gasteiger partial charge in [0.05, 0.1) is 12.7 Å². The molecular weight excluding hydrogens is 256 g/mol. The number of ether oxygens (including phenoxy) is 1. The van der Waals surface area contributed by atoms with Crippen LogP contribution in [-0.4, -0.2) is 28.3 Å². The Morgan fingerprint density at radius 1 is 1.37 bits per heavy atom. The van der Waals surface area contributed by atoms with Crippen LogP contribution in [0.1, 0.15) is 38.3 Å². The first kappa shape index (κ1) is 14.7. The molecule has 1 unspecified atom stereocenters. The molecule has 1 aromatic carbocycles. The fourth-order valence-corrected chi connectivity index (χ4v) is 3.02. The van der Waals surface area contributed by atoms with Gasteiger partial charge >= 0.3 is 0 Å². The second-order valence-corrected chi connectivity index (χ2v) is 8.00. The predicted octanol–water partition coefficient (Wildman–Crippen LogP) is 3.45. The minimum atomic E-state index is -0.214. The summed E-state index contributed by atoms with van der Waals surface area (Å²) in [7, 11) is 0. The van der Waals surface area contributed by atoms with E-state index in [-0.39, 0.29) is 10.9 Å². The predicted molar refractivity (Wildman–Crippen MR) is 82.2 cm³/mol. The van der Waals surface area contributed by atoms with Crippen molar-refractivity contribution in [3.05, 3.63) is 29.3 Å². The molecule has 106 valence electrons. The largest absolute Gasteiger partial charge is 0.493 e. The van der Waals surface area contributed by atoms with Gasteiger partial charge in [0.2, 0.25) is 0 Å². The molecule has 0 saturated carbocycles. The molecule has 0 radical (unpaired) electrons. The van der Waals surface area contributed by atoms with Crippen LogP contribution in [0.25, 0.3) is 0 Å². The van der Waals surface area contributed by atoms with Gasteiger partial charge in [-0.1, -0.05) is 32.9 Å². The van der Waals surface area contributed by atoms with E-state index in [9.17, 15) is 5.11 Å². The Bertz CT molecular complexity index is 423. The molecule has 19 heavy (non-hydrogen) atoms. The van der Waals surface area contributed by atoms with Crippen molar-refractivity contribution in [3.8, 4) is 5.75 Å². The maximum Gasteiger partial charge on any atom is 0.122 e. The molecule has 3 heteroatoms. The zero-order valence-electron chi connectivity index (χ0n) is 12.1. The molecule has 0 aliphatic carbocycles. The summed E-state index contributed by atoms with van der Waals surface area (Å²) in [4.78, 5) is 0. The van der Waals surface area contributed by atoms with Crippen LogP contribution >= 0.6 is 11.8 Å². The van der Waals surface area contributed by atoms with Crippen molar-refractivity contribution in [2.45, 2.75) is 50.9 Å². The highest BCUT2D eigenvalue weighted by atomic mass is 32.2. The van der Waals surface area contributed by atoms with E-state index in [1.165, 1.54) is 11.1 Å². The molecule has 0 amide bonds. The molecule has 2 rings (SSSR count). The molecule has 1 heterocycles. The van der Waals surface area contributed by atoms with E-state index in [0.29, 0.717) is 0 Å². The molecule has 2 nitrogen and oxygen atoms in total. The van der Waals surface area contributed by atoms with E-state index < -0.39 is 0 Å². The molecule has 1 aliphatic heterocycles. The maximum atomic E-state index is 10.0. The number of rotatable bonds is 5. The number of fused-ring (bicyclic) bond motifs is 1. The molecule has 0 saturated heterocycles. The van der Waals surface area contributed by atoms with Crippen LogP contribution in [0.5, 0.6) is 5.75 Å². The third-order valence-electron chi connectivity index (χ3n) is 3.23. The molecule has 1 aromatic rings. The minimum absolute atomic E-state index is 0.214. The van der Waals surface area contributed by atoms with Gasteiger partial charge in [0.15, 0.2) is 0 Å². The molecular formula is C16H24O2S. The average Bonchev–Trinajstić information content (AvgIpc) is 2.80. The number of hydrogen-bond acceptors (Lipinski definition) is 3. The zero-order valence-corrected chi connectivity index (χ0v) is 12.9. The van der Waals surface area contributed by atoms with Gasteiger partial charge in [-0.25, -0.2) is 0 Å². The van der Waals surface area contributed by atoms with Crippen LogP contribution in [0.15, 0.2) is 18.2 Å². The van der Waals surface area contributed by atoms with E-state index in [2.05, 4.69) is 39.0 Å². The molecule has 1 N–H and O–H groups in total. The molecule has 1 aliphatic rings. The summed E-state index contributed by atoms with van der Waals surface area (Å²) in [6.45, 7) is 7.37. The average molecular weight is 280 g/mol. The Kier molecular flexibility index (Phi) is 4.80. The van der Waals surface area contributed by atoms with E-state index >= 15 is 0 Å². The minimum Gasteiger partial charge on any atom is -0.493 e. The van der Waals surface area contributed by atoms with Crippen molar-refractivity contribution in [2.75, 3.05) is 12.4 Å². The summed E-state index contributed by atoms with van der Waals surface area (Å²) in [6.07, 6.45) is 2.58. The summed E-state index contributed by atoms with van der Waals surface area (Å²) >= 11 is 1.83. The molecule has 0 spiro atoms. The Hall–Kier alpha value is -0.670. The lowest BCUT2D eigenvalue weighted by atomic mass is 10.0. The van der Waals surface area contributed by atoms with Gasteiger partial charge in [-0.2, -0.15) is 11.8 Å². The second kappa shape index (κ2) is 6.19. The number of aliphatic hydroxyl groups is 1. The first-order valence-corrected chi connectivity index (χ1v) is 7.99. The van der Waals surface area contributed by atoms with Gasteiger partial charge in [0.25, 0.3) is 0 Å². The highest BCUT2D eigenvalue weighted by molar-refractivity contribution is 8.00. The summed E-state index contributed by atoms with van der Waals surface area (Å²) < 4.78 is 5.73. The Labute approximate surface area is 120 Å². The van der Waals surface area contributed by atoms with Crippen molar-refractivity contribution in [3.63, 3.8) is 0 Å². The van der Waals surface area contributed by atoms with Gasteiger partial charge in [-0.05, 0) is 30.0 Å². The van der Waals surface area contributed by atoms with Gasteiger partial charge in [-0.3, -0.25) is 0 Å². The van der Waals surface area contributed by atoms with Crippen molar-refractivity contribution in [1.82, 2.24) is 0 Å². The van der Waals surface area contributed by atoms with E-state index in [0.717, 1.165) is 37.4 Å². The van der Waals surface area contributed by atoms with Gasteiger partial charge in [-0.15, -0.1) is 0 Å². The Morgan fingerprint density at radius 2 is 2.16 bits per heavy atom. The summed E-state index contributed by atoms with van der Waals surface area (Å²) in [6, 6.07) is 6.41. The standard InChI is InChI=1S/C16H24O2S/c1-16(2,3)19-11-14(17)6-4-12-5-7-15-13(10-12)8-9-18-15/h5,7,10,14,17H,4,6,8-9,11H2,1-3H3. The Morgan fingerprint density at radius 3 is 2.89 bits per heavy atom. The summed E-state index contributed by atoms with van der Waals surface area (Å²) in [5.74, 6) is 1.85. The lowest BCUT2D eigenvalue weighted by Gasteiger charge is -2.20. The molecule has 0 fully saturated rings. The van der Waals surface area contributed by atoms with Crippen molar-refractivity contribution in [2.24, 2.45) is 0 Å². The van der Waals surface area contributed by atoms with Gasteiger partial charge in [0, 0.05) is 16.9 Å². The molecule has 0 aromatic heterocycles. The highest BCUT2D eigenvalue weighted by Crippen LogP contribution is 2.27. The fraction of sp³-hybridized carbons (Fsp3) is 0.625. The summed E-state index contributed by atoms with van der Waals surface area (Å²) in [5.41, 5.74) is 2.63. The fourth-order valence-electron chi connectivity index (χ4n) is 2.16. The van der Waals surface area contributed by atoms with Crippen LogP contribution in [0.2, 0.25) is 0 Å². The summed E-state index contributed by atoms with van der Waals surface area (Å²) in [5, 5.41) is 10.0. The van der Waals surface area contributed by atoms with E-state index in [4.69, 9.17) is 4.74 Å². The third-order valence-corrected chi connectivity index (χ3v) is 4.65. The quantitative estimate of drug-likeness (QED) is 0.896. The monoisotopic (exact) mass is 280 g/mol. The number of hydrogen-bond donors (Lipinski definition) is 1. The first-order valence-electron chi connectivity index (χ1n) is 7.01. The normalized spacial score (nSPS) is 16.0. The maximum absolute atomic E-state index is 10.0.